The van der Waals surface area contributed by atoms with Crippen molar-refractivity contribution in [3.63, 3.8) is 0 Å². The summed E-state index contributed by atoms with van der Waals surface area (Å²) in [6.45, 7) is 4.97. The third kappa shape index (κ3) is 5.61. The van der Waals surface area contributed by atoms with Gasteiger partial charge in [0.25, 0.3) is 0 Å². The van der Waals surface area contributed by atoms with Crippen molar-refractivity contribution in [2.75, 3.05) is 17.7 Å². The summed E-state index contributed by atoms with van der Waals surface area (Å²) in [5, 5.41) is 5.42. The van der Waals surface area contributed by atoms with Gasteiger partial charge in [0.15, 0.2) is 0 Å². The van der Waals surface area contributed by atoms with Crippen molar-refractivity contribution in [1.82, 2.24) is 0 Å². The summed E-state index contributed by atoms with van der Waals surface area (Å²) in [4.78, 5) is 23.0. The summed E-state index contributed by atoms with van der Waals surface area (Å²) in [5.74, 6) is -0.164. The van der Waals surface area contributed by atoms with E-state index in [9.17, 15) is 9.59 Å². The Bertz CT molecular complexity index is 506. The van der Waals surface area contributed by atoms with Crippen LogP contribution in [0.5, 0.6) is 5.75 Å². The standard InChI is InChI=1S/C14H21N3O3.ClH/c1-8(9(2)15)14(19)17-11-5-6-12(16-10(3)18)13(7-11)20-4;/h5-9H,15H2,1-4H3,(H,16,18)(H,17,19);1H. The maximum Gasteiger partial charge on any atom is 0.228 e. The van der Waals surface area contributed by atoms with Crippen molar-refractivity contribution in [2.45, 2.75) is 26.8 Å². The molecule has 1 aromatic rings. The van der Waals surface area contributed by atoms with Gasteiger partial charge >= 0.3 is 0 Å². The Kier molecular flexibility index (Phi) is 7.76. The highest BCUT2D eigenvalue weighted by Crippen LogP contribution is 2.28. The van der Waals surface area contributed by atoms with Gasteiger partial charge in [-0.25, -0.2) is 0 Å². The molecule has 0 fully saturated rings. The first-order valence-corrected chi connectivity index (χ1v) is 6.37. The Balaban J connectivity index is 0.00000400. The molecule has 118 valence electrons. The van der Waals surface area contributed by atoms with E-state index in [-0.39, 0.29) is 36.2 Å². The minimum Gasteiger partial charge on any atom is -0.494 e. The molecule has 0 saturated heterocycles. The van der Waals surface area contributed by atoms with E-state index in [1.54, 1.807) is 32.0 Å². The second-order valence-electron chi connectivity index (χ2n) is 4.73. The molecular formula is C14H22ClN3O3. The quantitative estimate of drug-likeness (QED) is 0.774. The van der Waals surface area contributed by atoms with Crippen LogP contribution < -0.4 is 21.1 Å². The number of nitrogens with one attached hydrogen (secondary N) is 2. The predicted molar refractivity (Wildman–Crippen MR) is 86.0 cm³/mol. The summed E-state index contributed by atoms with van der Waals surface area (Å²) >= 11 is 0. The zero-order valence-electron chi connectivity index (χ0n) is 12.6. The Hall–Kier alpha value is -1.79. The van der Waals surface area contributed by atoms with Crippen LogP contribution in [0, 0.1) is 5.92 Å². The lowest BCUT2D eigenvalue weighted by Gasteiger charge is -2.16. The molecule has 1 aromatic carbocycles. The number of halogens is 1. The monoisotopic (exact) mass is 315 g/mol. The minimum absolute atomic E-state index is 0. The second-order valence-corrected chi connectivity index (χ2v) is 4.73. The van der Waals surface area contributed by atoms with E-state index in [0.717, 1.165) is 0 Å². The van der Waals surface area contributed by atoms with E-state index in [0.29, 0.717) is 17.1 Å². The molecule has 2 amide bonds. The molecule has 2 atom stereocenters. The summed E-state index contributed by atoms with van der Waals surface area (Å²) < 4.78 is 5.19. The molecule has 6 nitrogen and oxygen atoms in total. The molecule has 7 heteroatoms. The van der Waals surface area contributed by atoms with E-state index in [1.165, 1.54) is 14.0 Å². The Morgan fingerprint density at radius 3 is 2.33 bits per heavy atom. The van der Waals surface area contributed by atoms with Gasteiger partial charge in [-0.1, -0.05) is 6.92 Å². The number of anilines is 2. The number of hydrogen-bond donors (Lipinski definition) is 3. The first-order chi connectivity index (χ1) is 9.35. The van der Waals surface area contributed by atoms with Crippen molar-refractivity contribution < 1.29 is 14.3 Å². The first kappa shape index (κ1) is 19.2. The van der Waals surface area contributed by atoms with Crippen LogP contribution in [-0.2, 0) is 9.59 Å². The van der Waals surface area contributed by atoms with Gasteiger partial charge in [-0.15, -0.1) is 12.4 Å². The summed E-state index contributed by atoms with van der Waals surface area (Å²) in [5.41, 5.74) is 6.84. The van der Waals surface area contributed by atoms with Gasteiger partial charge in [0.05, 0.1) is 18.7 Å². The highest BCUT2D eigenvalue weighted by Gasteiger charge is 2.17. The van der Waals surface area contributed by atoms with Gasteiger partial charge < -0.3 is 21.1 Å². The number of rotatable bonds is 5. The summed E-state index contributed by atoms with van der Waals surface area (Å²) in [7, 11) is 1.50. The van der Waals surface area contributed by atoms with Crippen molar-refractivity contribution >= 4 is 35.6 Å². The van der Waals surface area contributed by atoms with E-state index in [2.05, 4.69) is 10.6 Å². The van der Waals surface area contributed by atoms with E-state index in [4.69, 9.17) is 10.5 Å². The van der Waals surface area contributed by atoms with Crippen LogP contribution in [0.3, 0.4) is 0 Å². The number of ether oxygens (including phenoxy) is 1. The van der Waals surface area contributed by atoms with Gasteiger partial charge in [0.1, 0.15) is 5.75 Å². The minimum atomic E-state index is -0.295. The molecule has 0 heterocycles. The highest BCUT2D eigenvalue weighted by atomic mass is 35.5. The fraction of sp³-hybridized carbons (Fsp3) is 0.429. The molecule has 0 aromatic heterocycles. The molecule has 21 heavy (non-hydrogen) atoms. The van der Waals surface area contributed by atoms with Crippen molar-refractivity contribution in [3.05, 3.63) is 18.2 Å². The van der Waals surface area contributed by atoms with Crippen LogP contribution in [0.1, 0.15) is 20.8 Å². The average molecular weight is 316 g/mol. The fourth-order valence-corrected chi connectivity index (χ4v) is 1.56. The lowest BCUT2D eigenvalue weighted by molar-refractivity contribution is -0.119. The maximum atomic E-state index is 11.9. The predicted octanol–water partition coefficient (Wildman–Crippen LogP) is 2.00. The van der Waals surface area contributed by atoms with Gasteiger partial charge in [-0.3, -0.25) is 9.59 Å². The molecule has 0 radical (unpaired) electrons. The SMILES string of the molecule is COc1cc(NC(=O)C(C)C(C)N)ccc1NC(C)=O.Cl. The third-order valence-corrected chi connectivity index (χ3v) is 2.98. The van der Waals surface area contributed by atoms with Crippen molar-refractivity contribution in [3.8, 4) is 5.75 Å². The van der Waals surface area contributed by atoms with Gasteiger partial charge in [0.2, 0.25) is 11.8 Å². The summed E-state index contributed by atoms with van der Waals surface area (Å²) in [6, 6.07) is 4.79. The second kappa shape index (κ2) is 8.49. The van der Waals surface area contributed by atoms with E-state index < -0.39 is 0 Å². The number of carbonyl (C=O) groups is 2. The highest BCUT2D eigenvalue weighted by molar-refractivity contribution is 5.94. The average Bonchev–Trinajstić information content (AvgIpc) is 2.38. The number of methoxy groups -OCH3 is 1. The van der Waals surface area contributed by atoms with Crippen LogP contribution in [0.2, 0.25) is 0 Å². The summed E-state index contributed by atoms with van der Waals surface area (Å²) in [6.07, 6.45) is 0. The Labute approximate surface area is 130 Å². The van der Waals surface area contributed by atoms with Gasteiger partial charge in [-0.05, 0) is 19.1 Å². The van der Waals surface area contributed by atoms with Crippen LogP contribution in [0.15, 0.2) is 18.2 Å². The van der Waals surface area contributed by atoms with Crippen LogP contribution in [0.25, 0.3) is 0 Å². The fourth-order valence-electron chi connectivity index (χ4n) is 1.56. The maximum absolute atomic E-state index is 11.9. The van der Waals surface area contributed by atoms with Crippen LogP contribution in [-0.4, -0.2) is 25.0 Å². The molecular weight excluding hydrogens is 294 g/mol. The number of benzene rings is 1. The number of amides is 2. The molecule has 0 aliphatic heterocycles. The van der Waals surface area contributed by atoms with Crippen LogP contribution >= 0.6 is 12.4 Å². The molecule has 0 spiro atoms. The normalized spacial score (nSPS) is 12.6. The molecule has 1 rings (SSSR count). The third-order valence-electron chi connectivity index (χ3n) is 2.98. The topological polar surface area (TPSA) is 93.4 Å². The Morgan fingerprint density at radius 1 is 1.24 bits per heavy atom. The number of carbonyl (C=O) groups excluding carboxylic acids is 2. The van der Waals surface area contributed by atoms with E-state index in [1.807, 2.05) is 0 Å². The lowest BCUT2D eigenvalue weighted by Crippen LogP contribution is -2.34. The molecule has 0 aliphatic carbocycles. The Morgan fingerprint density at radius 2 is 1.86 bits per heavy atom. The van der Waals surface area contributed by atoms with Gasteiger partial charge in [-0.2, -0.15) is 0 Å². The smallest absolute Gasteiger partial charge is 0.228 e. The van der Waals surface area contributed by atoms with Crippen molar-refractivity contribution in [2.24, 2.45) is 11.7 Å². The molecule has 2 unspecified atom stereocenters. The molecule has 0 saturated carbocycles. The largest absolute Gasteiger partial charge is 0.494 e. The number of nitrogens with two attached hydrogens (primary N) is 1. The molecule has 0 bridgehead atoms. The zero-order chi connectivity index (χ0) is 15.3. The number of hydrogen-bond acceptors (Lipinski definition) is 4. The van der Waals surface area contributed by atoms with Crippen molar-refractivity contribution in [1.29, 1.82) is 0 Å². The molecule has 4 N–H and O–H groups in total. The van der Waals surface area contributed by atoms with Crippen LogP contribution in [0.4, 0.5) is 11.4 Å². The lowest BCUT2D eigenvalue weighted by atomic mass is 10.0. The van der Waals surface area contributed by atoms with E-state index >= 15 is 0 Å². The zero-order valence-corrected chi connectivity index (χ0v) is 13.4. The molecule has 0 aliphatic rings. The first-order valence-electron chi connectivity index (χ1n) is 6.37. The van der Waals surface area contributed by atoms with Gasteiger partial charge in [0, 0.05) is 24.7 Å².